The molecule has 0 radical (unpaired) electrons. The highest BCUT2D eigenvalue weighted by Crippen LogP contribution is 2.04. The molecule has 0 N–H and O–H groups in total. The summed E-state index contributed by atoms with van der Waals surface area (Å²) in [5.74, 6) is -1.10. The van der Waals surface area contributed by atoms with Crippen LogP contribution in [0.25, 0.3) is 0 Å². The molecule has 1 aromatic rings. The number of carbonyl (C=O) groups excluding carboxylic acids is 1. The van der Waals surface area contributed by atoms with Gasteiger partial charge in [0.1, 0.15) is 0 Å². The fourth-order valence-corrected chi connectivity index (χ4v) is 0.786. The van der Waals surface area contributed by atoms with Crippen LogP contribution in [0.4, 0.5) is 4.39 Å². The lowest BCUT2D eigenvalue weighted by Crippen LogP contribution is -2.23. The summed E-state index contributed by atoms with van der Waals surface area (Å²) < 4.78 is 12.8. The van der Waals surface area contributed by atoms with E-state index in [1.807, 2.05) is 0 Å². The Morgan fingerprint density at radius 1 is 1.58 bits per heavy atom. The third kappa shape index (κ3) is 1.58. The Kier molecular flexibility index (Phi) is 2.38. The maximum atomic E-state index is 12.8. The van der Waals surface area contributed by atoms with E-state index in [-0.39, 0.29) is 11.5 Å². The van der Waals surface area contributed by atoms with E-state index in [2.05, 4.69) is 4.98 Å². The Bertz CT molecular complexity index is 299. The molecular weight excluding hydrogens is 159 g/mol. The van der Waals surface area contributed by atoms with Crippen molar-refractivity contribution in [2.45, 2.75) is 0 Å². The molecule has 1 aromatic heterocycles. The van der Waals surface area contributed by atoms with Gasteiger partial charge in [-0.2, -0.15) is 4.39 Å². The fourth-order valence-electron chi connectivity index (χ4n) is 0.786. The highest BCUT2D eigenvalue weighted by atomic mass is 19.1. The lowest BCUT2D eigenvalue weighted by atomic mass is 10.2. The van der Waals surface area contributed by atoms with Crippen molar-refractivity contribution in [1.29, 1.82) is 0 Å². The number of hydrogen-bond acceptors (Lipinski definition) is 2. The van der Waals surface area contributed by atoms with Crippen LogP contribution in [0.15, 0.2) is 18.3 Å². The molecule has 1 heterocycles. The Hall–Kier alpha value is -1.45. The number of carbonyl (C=O) groups is 1. The SMILES string of the molecule is CN(C)C(=O)c1cccnc1F. The molecule has 1 amide bonds. The predicted molar refractivity (Wildman–Crippen MR) is 42.2 cm³/mol. The van der Waals surface area contributed by atoms with Gasteiger partial charge in [0.05, 0.1) is 5.56 Å². The minimum Gasteiger partial charge on any atom is -0.345 e. The molecule has 0 saturated heterocycles. The van der Waals surface area contributed by atoms with E-state index < -0.39 is 5.95 Å². The number of pyridine rings is 1. The number of hydrogen-bond donors (Lipinski definition) is 0. The van der Waals surface area contributed by atoms with Gasteiger partial charge in [-0.05, 0) is 12.1 Å². The first-order valence-corrected chi connectivity index (χ1v) is 3.45. The van der Waals surface area contributed by atoms with Gasteiger partial charge in [0, 0.05) is 20.3 Å². The number of aromatic nitrogens is 1. The molecule has 0 aromatic carbocycles. The number of amides is 1. The highest BCUT2D eigenvalue weighted by Gasteiger charge is 2.12. The molecule has 3 nitrogen and oxygen atoms in total. The summed E-state index contributed by atoms with van der Waals surface area (Å²) in [6, 6.07) is 2.94. The van der Waals surface area contributed by atoms with Gasteiger partial charge in [0.15, 0.2) is 0 Å². The smallest absolute Gasteiger partial charge is 0.257 e. The first-order chi connectivity index (χ1) is 5.63. The molecule has 0 aliphatic rings. The molecule has 0 atom stereocenters. The Balaban J connectivity index is 3.03. The van der Waals surface area contributed by atoms with Gasteiger partial charge in [0.25, 0.3) is 5.91 Å². The van der Waals surface area contributed by atoms with Crippen molar-refractivity contribution in [3.63, 3.8) is 0 Å². The van der Waals surface area contributed by atoms with Crippen LogP contribution < -0.4 is 0 Å². The van der Waals surface area contributed by atoms with Crippen molar-refractivity contribution < 1.29 is 9.18 Å². The van der Waals surface area contributed by atoms with Crippen LogP contribution in [-0.4, -0.2) is 29.9 Å². The van der Waals surface area contributed by atoms with E-state index in [1.54, 1.807) is 14.1 Å². The lowest BCUT2D eigenvalue weighted by molar-refractivity contribution is 0.0822. The Morgan fingerprint density at radius 2 is 2.25 bits per heavy atom. The van der Waals surface area contributed by atoms with Crippen molar-refractivity contribution in [2.24, 2.45) is 0 Å². The van der Waals surface area contributed by atoms with Gasteiger partial charge in [0.2, 0.25) is 5.95 Å². The average Bonchev–Trinajstić information content (AvgIpc) is 2.04. The van der Waals surface area contributed by atoms with Crippen LogP contribution in [0.3, 0.4) is 0 Å². The van der Waals surface area contributed by atoms with Gasteiger partial charge in [-0.3, -0.25) is 4.79 Å². The molecule has 4 heteroatoms. The van der Waals surface area contributed by atoms with Crippen LogP contribution in [0.1, 0.15) is 10.4 Å². The molecule has 1 rings (SSSR count). The van der Waals surface area contributed by atoms with E-state index in [4.69, 9.17) is 0 Å². The monoisotopic (exact) mass is 168 g/mol. The predicted octanol–water partition coefficient (Wildman–Crippen LogP) is 0.922. The van der Waals surface area contributed by atoms with Crippen LogP contribution in [-0.2, 0) is 0 Å². The normalized spacial score (nSPS) is 9.58. The van der Waals surface area contributed by atoms with Gasteiger partial charge in [-0.1, -0.05) is 0 Å². The summed E-state index contributed by atoms with van der Waals surface area (Å²) in [7, 11) is 3.13. The van der Waals surface area contributed by atoms with Gasteiger partial charge >= 0.3 is 0 Å². The van der Waals surface area contributed by atoms with E-state index in [1.165, 1.54) is 23.2 Å². The van der Waals surface area contributed by atoms with E-state index >= 15 is 0 Å². The molecule has 0 aliphatic heterocycles. The zero-order valence-corrected chi connectivity index (χ0v) is 6.91. The summed E-state index contributed by atoms with van der Waals surface area (Å²) in [5.41, 5.74) is 0.00231. The number of halogens is 1. The molecule has 12 heavy (non-hydrogen) atoms. The quantitative estimate of drug-likeness (QED) is 0.584. The molecule has 0 saturated carbocycles. The van der Waals surface area contributed by atoms with Gasteiger partial charge in [-0.15, -0.1) is 0 Å². The molecule has 0 fully saturated rings. The first kappa shape index (κ1) is 8.64. The second-order valence-corrected chi connectivity index (χ2v) is 2.54. The van der Waals surface area contributed by atoms with Gasteiger partial charge < -0.3 is 4.90 Å². The largest absolute Gasteiger partial charge is 0.345 e. The van der Waals surface area contributed by atoms with Crippen LogP contribution in [0.5, 0.6) is 0 Å². The zero-order chi connectivity index (χ0) is 9.14. The first-order valence-electron chi connectivity index (χ1n) is 3.45. The topological polar surface area (TPSA) is 33.2 Å². The van der Waals surface area contributed by atoms with Crippen molar-refractivity contribution in [1.82, 2.24) is 9.88 Å². The summed E-state index contributed by atoms with van der Waals surface area (Å²) in [6.07, 6.45) is 1.31. The average molecular weight is 168 g/mol. The Labute approximate surface area is 69.8 Å². The van der Waals surface area contributed by atoms with E-state index in [9.17, 15) is 9.18 Å². The van der Waals surface area contributed by atoms with Gasteiger partial charge in [-0.25, -0.2) is 4.98 Å². The molecule has 0 spiro atoms. The molecule has 0 unspecified atom stereocenters. The highest BCUT2D eigenvalue weighted by molar-refractivity contribution is 5.93. The van der Waals surface area contributed by atoms with E-state index in [0.29, 0.717) is 0 Å². The lowest BCUT2D eigenvalue weighted by Gasteiger charge is -2.09. The summed E-state index contributed by atoms with van der Waals surface area (Å²) in [4.78, 5) is 15.9. The summed E-state index contributed by atoms with van der Waals surface area (Å²) >= 11 is 0. The molecule has 0 bridgehead atoms. The summed E-state index contributed by atoms with van der Waals surface area (Å²) in [6.45, 7) is 0. The van der Waals surface area contributed by atoms with Crippen LogP contribution in [0, 0.1) is 5.95 Å². The van der Waals surface area contributed by atoms with Crippen LogP contribution >= 0.6 is 0 Å². The third-order valence-corrected chi connectivity index (χ3v) is 1.40. The molecule has 64 valence electrons. The standard InChI is InChI=1S/C8H9FN2O/c1-11(2)8(12)6-4-3-5-10-7(6)9/h3-5H,1-2H3. The van der Waals surface area contributed by atoms with Crippen molar-refractivity contribution >= 4 is 5.91 Å². The number of rotatable bonds is 1. The zero-order valence-electron chi connectivity index (χ0n) is 6.91. The second kappa shape index (κ2) is 3.30. The number of nitrogens with zero attached hydrogens (tertiary/aromatic N) is 2. The maximum Gasteiger partial charge on any atom is 0.257 e. The molecule has 0 aliphatic carbocycles. The van der Waals surface area contributed by atoms with E-state index in [0.717, 1.165) is 0 Å². The van der Waals surface area contributed by atoms with Crippen molar-refractivity contribution in [2.75, 3.05) is 14.1 Å². The van der Waals surface area contributed by atoms with Crippen molar-refractivity contribution in [3.05, 3.63) is 29.8 Å². The van der Waals surface area contributed by atoms with Crippen LogP contribution in [0.2, 0.25) is 0 Å². The molecular formula is C8H9FN2O. The van der Waals surface area contributed by atoms with Crippen molar-refractivity contribution in [3.8, 4) is 0 Å². The summed E-state index contributed by atoms with van der Waals surface area (Å²) in [5, 5.41) is 0. The minimum absolute atomic E-state index is 0.00231. The fraction of sp³-hybridized carbons (Fsp3) is 0.250. The second-order valence-electron chi connectivity index (χ2n) is 2.54. The Morgan fingerprint density at radius 3 is 2.75 bits per heavy atom. The maximum absolute atomic E-state index is 12.8. The minimum atomic E-state index is -0.726. The third-order valence-electron chi connectivity index (χ3n) is 1.40.